The summed E-state index contributed by atoms with van der Waals surface area (Å²) in [5, 5.41) is 6.91. The molecule has 2 aromatic heterocycles. The number of nitrogens with one attached hydrogen (secondary N) is 1. The number of anilines is 1. The molecule has 8 heteroatoms. The van der Waals surface area contributed by atoms with Gasteiger partial charge in [-0.05, 0) is 58.0 Å². The fraction of sp³-hybridized carbons (Fsp3) is 0.450. The second-order valence-corrected chi connectivity index (χ2v) is 9.07. The summed E-state index contributed by atoms with van der Waals surface area (Å²) in [5.41, 5.74) is 2.02. The third-order valence-corrected chi connectivity index (χ3v) is 6.67. The second-order valence-electron chi connectivity index (χ2n) is 6.98. The van der Waals surface area contributed by atoms with Crippen LogP contribution in [-0.2, 0) is 11.3 Å². The Hall–Kier alpha value is -2.03. The molecule has 1 aliphatic heterocycles. The molecule has 1 fully saturated rings. The zero-order valence-electron chi connectivity index (χ0n) is 16.1. The zero-order chi connectivity index (χ0) is 19.5. The van der Waals surface area contributed by atoms with Gasteiger partial charge in [0.15, 0.2) is 5.13 Å². The number of amides is 1. The molecule has 4 rings (SSSR count). The number of rotatable bonds is 6. The predicted molar refractivity (Wildman–Crippen MR) is 114 cm³/mol. The van der Waals surface area contributed by atoms with E-state index in [0.29, 0.717) is 11.7 Å². The Morgan fingerprint density at radius 2 is 2.14 bits per heavy atom. The van der Waals surface area contributed by atoms with Crippen LogP contribution in [0.5, 0.6) is 5.75 Å². The lowest BCUT2D eigenvalue weighted by molar-refractivity contribution is -0.121. The number of aromatic nitrogens is 2. The molecule has 3 heterocycles. The first kappa shape index (κ1) is 19.3. The fourth-order valence-corrected chi connectivity index (χ4v) is 4.99. The molecule has 0 spiro atoms. The van der Waals surface area contributed by atoms with Crippen molar-refractivity contribution in [2.75, 3.05) is 25.0 Å². The largest absolute Gasteiger partial charge is 0.494 e. The lowest BCUT2D eigenvalue weighted by atomic mass is 9.96. The van der Waals surface area contributed by atoms with Crippen LogP contribution in [0.25, 0.3) is 10.2 Å². The molecule has 0 saturated carbocycles. The number of aryl methyl sites for hydroxylation is 1. The minimum absolute atomic E-state index is 0.0411. The first-order valence-electron chi connectivity index (χ1n) is 9.58. The van der Waals surface area contributed by atoms with Gasteiger partial charge in [0.25, 0.3) is 0 Å². The van der Waals surface area contributed by atoms with E-state index in [2.05, 4.69) is 25.6 Å². The van der Waals surface area contributed by atoms with Crippen LogP contribution in [0.3, 0.4) is 0 Å². The highest BCUT2D eigenvalue weighted by Crippen LogP contribution is 2.30. The van der Waals surface area contributed by atoms with E-state index in [1.165, 1.54) is 11.3 Å². The van der Waals surface area contributed by atoms with Crippen LogP contribution in [0.1, 0.15) is 30.5 Å². The van der Waals surface area contributed by atoms with Crippen molar-refractivity contribution in [3.63, 3.8) is 0 Å². The number of piperidine rings is 1. The van der Waals surface area contributed by atoms with E-state index in [1.54, 1.807) is 11.3 Å². The number of carbonyl (C=O) groups is 1. The lowest BCUT2D eigenvalue weighted by Crippen LogP contribution is -2.37. The maximum Gasteiger partial charge on any atom is 0.229 e. The Kier molecular flexibility index (Phi) is 5.89. The van der Waals surface area contributed by atoms with Crippen molar-refractivity contribution in [3.05, 3.63) is 34.3 Å². The summed E-state index contributed by atoms with van der Waals surface area (Å²) in [5.74, 6) is 0.951. The summed E-state index contributed by atoms with van der Waals surface area (Å²) in [6.07, 6.45) is 1.74. The van der Waals surface area contributed by atoms with Gasteiger partial charge in [0.1, 0.15) is 5.75 Å². The molecule has 1 N–H and O–H groups in total. The molecule has 1 saturated heterocycles. The highest BCUT2D eigenvalue weighted by Gasteiger charge is 2.26. The van der Waals surface area contributed by atoms with Gasteiger partial charge in [-0.1, -0.05) is 11.3 Å². The molecule has 3 aromatic rings. The Balaban J connectivity index is 1.32. The highest BCUT2D eigenvalue weighted by atomic mass is 32.1. The normalized spacial score (nSPS) is 15.8. The van der Waals surface area contributed by atoms with Crippen LogP contribution in [0.4, 0.5) is 5.13 Å². The van der Waals surface area contributed by atoms with Crippen molar-refractivity contribution >= 4 is 43.9 Å². The van der Waals surface area contributed by atoms with Gasteiger partial charge in [-0.25, -0.2) is 9.97 Å². The van der Waals surface area contributed by atoms with E-state index in [0.717, 1.165) is 59.1 Å². The fourth-order valence-electron chi connectivity index (χ4n) is 3.49. The first-order chi connectivity index (χ1) is 13.6. The van der Waals surface area contributed by atoms with Gasteiger partial charge in [-0.2, -0.15) is 0 Å². The molecular weight excluding hydrogens is 392 g/mol. The molecular formula is C20H24N4O2S2. The molecule has 0 bridgehead atoms. The number of hydrogen-bond acceptors (Lipinski definition) is 7. The standard InChI is InChI=1S/C20H24N4O2S2/c1-3-26-16-4-5-17-18(10-16)28-20(22-17)23-19(25)14-6-8-24(9-7-14)11-15-12-27-13(2)21-15/h4-5,10,12,14H,3,6-9,11H2,1-2H3,(H,22,23,25). The Morgan fingerprint density at radius 1 is 1.32 bits per heavy atom. The van der Waals surface area contributed by atoms with E-state index in [1.807, 2.05) is 32.0 Å². The minimum Gasteiger partial charge on any atom is -0.494 e. The highest BCUT2D eigenvalue weighted by molar-refractivity contribution is 7.22. The maximum absolute atomic E-state index is 12.7. The van der Waals surface area contributed by atoms with Crippen molar-refractivity contribution in [2.24, 2.45) is 5.92 Å². The van der Waals surface area contributed by atoms with E-state index in [9.17, 15) is 4.79 Å². The third kappa shape index (κ3) is 4.51. The number of carbonyl (C=O) groups excluding carboxylic acids is 1. The molecule has 1 aromatic carbocycles. The maximum atomic E-state index is 12.7. The Labute approximate surface area is 172 Å². The summed E-state index contributed by atoms with van der Waals surface area (Å²) >= 11 is 3.18. The number of thiazole rings is 2. The van der Waals surface area contributed by atoms with Crippen molar-refractivity contribution in [2.45, 2.75) is 33.2 Å². The van der Waals surface area contributed by atoms with E-state index < -0.39 is 0 Å². The number of likely N-dealkylation sites (tertiary alicyclic amines) is 1. The number of hydrogen-bond donors (Lipinski definition) is 1. The number of nitrogens with zero attached hydrogens (tertiary/aromatic N) is 3. The summed E-state index contributed by atoms with van der Waals surface area (Å²) in [6.45, 7) is 7.35. The van der Waals surface area contributed by atoms with Crippen LogP contribution in [0.15, 0.2) is 23.6 Å². The van der Waals surface area contributed by atoms with Crippen LogP contribution in [0.2, 0.25) is 0 Å². The number of ether oxygens (including phenoxy) is 1. The molecule has 1 aliphatic rings. The first-order valence-corrected chi connectivity index (χ1v) is 11.3. The predicted octanol–water partition coefficient (Wildman–Crippen LogP) is 4.31. The topological polar surface area (TPSA) is 67.3 Å². The van der Waals surface area contributed by atoms with Gasteiger partial charge in [0.2, 0.25) is 5.91 Å². The Morgan fingerprint density at radius 3 is 2.86 bits per heavy atom. The van der Waals surface area contributed by atoms with Gasteiger partial charge in [-0.15, -0.1) is 11.3 Å². The molecule has 0 unspecified atom stereocenters. The second kappa shape index (κ2) is 8.55. The number of fused-ring (bicyclic) bond motifs is 1. The van der Waals surface area contributed by atoms with Crippen molar-refractivity contribution < 1.29 is 9.53 Å². The molecule has 0 aliphatic carbocycles. The molecule has 0 atom stereocenters. The Bertz CT molecular complexity index is 960. The van der Waals surface area contributed by atoms with Gasteiger partial charge < -0.3 is 10.1 Å². The van der Waals surface area contributed by atoms with Crippen molar-refractivity contribution in [1.82, 2.24) is 14.9 Å². The SMILES string of the molecule is CCOc1ccc2nc(NC(=O)C3CCN(Cc4csc(C)n4)CC3)sc2c1. The monoisotopic (exact) mass is 416 g/mol. The van der Waals surface area contributed by atoms with Gasteiger partial charge in [0, 0.05) is 17.8 Å². The number of benzene rings is 1. The quantitative estimate of drug-likeness (QED) is 0.648. The molecule has 148 valence electrons. The van der Waals surface area contributed by atoms with E-state index >= 15 is 0 Å². The van der Waals surface area contributed by atoms with Gasteiger partial charge >= 0.3 is 0 Å². The van der Waals surface area contributed by atoms with Crippen LogP contribution < -0.4 is 10.1 Å². The lowest BCUT2D eigenvalue weighted by Gasteiger charge is -2.30. The summed E-state index contributed by atoms with van der Waals surface area (Å²) < 4.78 is 6.56. The van der Waals surface area contributed by atoms with Gasteiger partial charge in [-0.3, -0.25) is 9.69 Å². The smallest absolute Gasteiger partial charge is 0.229 e. The van der Waals surface area contributed by atoms with E-state index in [-0.39, 0.29) is 11.8 Å². The summed E-state index contributed by atoms with van der Waals surface area (Å²) in [7, 11) is 0. The van der Waals surface area contributed by atoms with Crippen molar-refractivity contribution in [1.29, 1.82) is 0 Å². The zero-order valence-corrected chi connectivity index (χ0v) is 17.7. The average Bonchev–Trinajstić information content (AvgIpc) is 3.27. The van der Waals surface area contributed by atoms with Crippen molar-refractivity contribution in [3.8, 4) is 5.75 Å². The van der Waals surface area contributed by atoms with Crippen LogP contribution >= 0.6 is 22.7 Å². The molecule has 6 nitrogen and oxygen atoms in total. The third-order valence-electron chi connectivity index (χ3n) is 4.91. The minimum atomic E-state index is 0.0411. The molecule has 0 radical (unpaired) electrons. The summed E-state index contributed by atoms with van der Waals surface area (Å²) in [4.78, 5) is 24.1. The van der Waals surface area contributed by atoms with E-state index in [4.69, 9.17) is 4.74 Å². The van der Waals surface area contributed by atoms with Crippen LogP contribution in [-0.4, -0.2) is 40.5 Å². The molecule has 1 amide bonds. The van der Waals surface area contributed by atoms with Gasteiger partial charge in [0.05, 0.1) is 27.5 Å². The summed E-state index contributed by atoms with van der Waals surface area (Å²) in [6, 6.07) is 5.83. The van der Waals surface area contributed by atoms with Crippen LogP contribution in [0, 0.1) is 12.8 Å². The average molecular weight is 417 g/mol. The molecule has 28 heavy (non-hydrogen) atoms.